The van der Waals surface area contributed by atoms with Gasteiger partial charge in [-0.3, -0.25) is 4.40 Å². The van der Waals surface area contributed by atoms with Crippen LogP contribution in [-0.2, 0) is 0 Å². The quantitative estimate of drug-likeness (QED) is 0.843. The summed E-state index contributed by atoms with van der Waals surface area (Å²) < 4.78 is 28.5. The Morgan fingerprint density at radius 1 is 1.39 bits per heavy atom. The second kappa shape index (κ2) is 3.86. The molecule has 18 heavy (non-hydrogen) atoms. The highest BCUT2D eigenvalue weighted by molar-refractivity contribution is 5.58. The summed E-state index contributed by atoms with van der Waals surface area (Å²) in [5.41, 5.74) is 6.10. The summed E-state index contributed by atoms with van der Waals surface area (Å²) in [4.78, 5) is 3.90. The monoisotopic (exact) mass is 253 g/mol. The molecule has 0 aliphatic heterocycles. The average molecular weight is 253 g/mol. The van der Waals surface area contributed by atoms with Crippen LogP contribution in [0.2, 0.25) is 0 Å². The van der Waals surface area contributed by atoms with Crippen molar-refractivity contribution in [1.82, 2.24) is 19.6 Å². The first-order chi connectivity index (χ1) is 8.57. The largest absolute Gasteiger partial charge is 0.381 e. The van der Waals surface area contributed by atoms with Crippen LogP contribution in [0, 0.1) is 0 Å². The highest BCUT2D eigenvalue weighted by atomic mass is 19.3. The molecule has 96 valence electrons. The summed E-state index contributed by atoms with van der Waals surface area (Å²) in [5.74, 6) is -2.06. The molecule has 2 heterocycles. The van der Waals surface area contributed by atoms with E-state index in [0.717, 1.165) is 0 Å². The van der Waals surface area contributed by atoms with Crippen molar-refractivity contribution >= 4 is 11.5 Å². The van der Waals surface area contributed by atoms with Gasteiger partial charge in [-0.25, -0.2) is 13.8 Å². The number of alkyl halides is 2. The van der Waals surface area contributed by atoms with Crippen molar-refractivity contribution in [1.29, 1.82) is 0 Å². The molecule has 1 aliphatic carbocycles. The molecule has 0 saturated heterocycles. The number of hydrogen-bond donors (Lipinski definition) is 1. The number of nitrogens with two attached hydrogens (primary N) is 1. The minimum atomic E-state index is -2.60. The summed E-state index contributed by atoms with van der Waals surface area (Å²) >= 11 is 0. The van der Waals surface area contributed by atoms with E-state index in [-0.39, 0.29) is 24.6 Å². The Morgan fingerprint density at radius 2 is 2.22 bits per heavy atom. The fourth-order valence-corrected chi connectivity index (χ4v) is 2.53. The molecule has 0 amide bonds. The van der Waals surface area contributed by atoms with E-state index in [9.17, 15) is 8.78 Å². The second-order valence-corrected chi connectivity index (χ2v) is 4.71. The lowest BCUT2D eigenvalue weighted by atomic mass is 9.86. The van der Waals surface area contributed by atoms with Crippen LogP contribution in [0.3, 0.4) is 0 Å². The molecule has 1 fully saturated rings. The third kappa shape index (κ3) is 1.79. The number of fused-ring (bicyclic) bond motifs is 1. The van der Waals surface area contributed by atoms with E-state index in [1.54, 1.807) is 10.6 Å². The molecule has 1 unspecified atom stereocenters. The van der Waals surface area contributed by atoms with E-state index in [1.807, 2.05) is 0 Å². The van der Waals surface area contributed by atoms with Gasteiger partial charge >= 0.3 is 0 Å². The van der Waals surface area contributed by atoms with Crippen molar-refractivity contribution in [3.8, 4) is 0 Å². The maximum absolute atomic E-state index is 13.4. The third-order valence-electron chi connectivity index (χ3n) is 3.39. The molecule has 0 aromatic carbocycles. The van der Waals surface area contributed by atoms with E-state index in [1.165, 1.54) is 6.20 Å². The van der Waals surface area contributed by atoms with E-state index < -0.39 is 5.92 Å². The van der Waals surface area contributed by atoms with Crippen LogP contribution in [0.5, 0.6) is 0 Å². The van der Waals surface area contributed by atoms with Gasteiger partial charge in [0.05, 0.1) is 0 Å². The third-order valence-corrected chi connectivity index (χ3v) is 3.39. The Labute approximate surface area is 102 Å². The normalized spacial score (nSPS) is 23.3. The molecule has 0 bridgehead atoms. The Hall–Kier alpha value is -1.79. The minimum absolute atomic E-state index is 0.0378. The van der Waals surface area contributed by atoms with Crippen LogP contribution in [0.4, 0.5) is 14.6 Å². The molecule has 0 spiro atoms. The molecule has 2 aromatic rings. The topological polar surface area (TPSA) is 69.1 Å². The molecule has 1 atom stereocenters. The summed E-state index contributed by atoms with van der Waals surface area (Å²) in [6.45, 7) is 0. The lowest BCUT2D eigenvalue weighted by molar-refractivity contribution is -0.0418. The fourth-order valence-electron chi connectivity index (χ4n) is 2.53. The molecule has 2 N–H and O–H groups in total. The lowest BCUT2D eigenvalue weighted by Gasteiger charge is -2.27. The van der Waals surface area contributed by atoms with Gasteiger partial charge in [0.15, 0.2) is 5.82 Å². The molecule has 1 aliphatic rings. The number of nitrogens with zero attached hydrogens (tertiary/aromatic N) is 4. The predicted octanol–water partition coefficient (Wildman–Crippen LogP) is 2.00. The first-order valence-corrected chi connectivity index (χ1v) is 5.90. The number of nitrogen functional groups attached to an aromatic ring is 1. The van der Waals surface area contributed by atoms with E-state index in [4.69, 9.17) is 5.73 Å². The molecular formula is C11H13F2N5. The standard InChI is InChI=1S/C11H13F2N5/c12-11(13)3-1-2-7(6-11)9-16-17-10-8(14)15-4-5-18(9)10/h4-5,7H,1-3,6H2,(H2,14,15). The molecular weight excluding hydrogens is 240 g/mol. The smallest absolute Gasteiger partial charge is 0.248 e. The van der Waals surface area contributed by atoms with Gasteiger partial charge in [0.1, 0.15) is 5.82 Å². The van der Waals surface area contributed by atoms with E-state index >= 15 is 0 Å². The second-order valence-electron chi connectivity index (χ2n) is 4.71. The Balaban J connectivity index is 2.02. The summed E-state index contributed by atoms with van der Waals surface area (Å²) in [5, 5.41) is 7.93. The molecule has 5 nitrogen and oxygen atoms in total. The number of rotatable bonds is 1. The summed E-state index contributed by atoms with van der Waals surface area (Å²) in [6, 6.07) is 0. The fraction of sp³-hybridized carbons (Fsp3) is 0.545. The highest BCUT2D eigenvalue weighted by Gasteiger charge is 2.38. The van der Waals surface area contributed by atoms with Crippen molar-refractivity contribution < 1.29 is 8.78 Å². The van der Waals surface area contributed by atoms with Gasteiger partial charge in [-0.2, -0.15) is 0 Å². The molecule has 2 aromatic heterocycles. The Kier molecular flexibility index (Phi) is 2.42. The van der Waals surface area contributed by atoms with Crippen LogP contribution < -0.4 is 5.73 Å². The highest BCUT2D eigenvalue weighted by Crippen LogP contribution is 2.41. The van der Waals surface area contributed by atoms with Crippen molar-refractivity contribution in [2.24, 2.45) is 0 Å². The lowest BCUT2D eigenvalue weighted by Crippen LogP contribution is -2.26. The molecule has 0 radical (unpaired) electrons. The van der Waals surface area contributed by atoms with E-state index in [0.29, 0.717) is 24.3 Å². The summed E-state index contributed by atoms with van der Waals surface area (Å²) in [6.07, 6.45) is 4.19. The average Bonchev–Trinajstić information content (AvgIpc) is 2.73. The maximum Gasteiger partial charge on any atom is 0.248 e. The van der Waals surface area contributed by atoms with Crippen molar-refractivity contribution in [3.63, 3.8) is 0 Å². The van der Waals surface area contributed by atoms with Gasteiger partial charge in [0.25, 0.3) is 0 Å². The van der Waals surface area contributed by atoms with Gasteiger partial charge in [0.2, 0.25) is 11.6 Å². The summed E-state index contributed by atoms with van der Waals surface area (Å²) in [7, 11) is 0. The first-order valence-electron chi connectivity index (χ1n) is 5.90. The van der Waals surface area contributed by atoms with Crippen LogP contribution in [0.1, 0.15) is 37.4 Å². The minimum Gasteiger partial charge on any atom is -0.381 e. The zero-order chi connectivity index (χ0) is 12.8. The maximum atomic E-state index is 13.4. The van der Waals surface area contributed by atoms with Crippen LogP contribution in [0.15, 0.2) is 12.4 Å². The number of aromatic nitrogens is 4. The Bertz CT molecular complexity index is 580. The van der Waals surface area contributed by atoms with Gasteiger partial charge in [0, 0.05) is 31.2 Å². The van der Waals surface area contributed by atoms with Crippen LogP contribution in [0.25, 0.3) is 5.65 Å². The van der Waals surface area contributed by atoms with E-state index in [2.05, 4.69) is 15.2 Å². The number of anilines is 1. The zero-order valence-corrected chi connectivity index (χ0v) is 9.68. The first kappa shape index (κ1) is 11.3. The molecule has 3 rings (SSSR count). The van der Waals surface area contributed by atoms with Crippen molar-refractivity contribution in [3.05, 3.63) is 18.2 Å². The predicted molar refractivity (Wildman–Crippen MR) is 61.4 cm³/mol. The number of hydrogen-bond acceptors (Lipinski definition) is 4. The Morgan fingerprint density at radius 3 is 3.00 bits per heavy atom. The van der Waals surface area contributed by atoms with Gasteiger partial charge in [-0.05, 0) is 12.8 Å². The zero-order valence-electron chi connectivity index (χ0n) is 9.68. The van der Waals surface area contributed by atoms with Crippen molar-refractivity contribution in [2.45, 2.75) is 37.5 Å². The van der Waals surface area contributed by atoms with Crippen molar-refractivity contribution in [2.75, 3.05) is 5.73 Å². The van der Waals surface area contributed by atoms with Gasteiger partial charge in [-0.15, -0.1) is 10.2 Å². The van der Waals surface area contributed by atoms with Gasteiger partial charge in [-0.1, -0.05) is 0 Å². The SMILES string of the molecule is Nc1nccn2c(C3CCCC(F)(F)C3)nnc12. The van der Waals surface area contributed by atoms with Crippen LogP contribution in [-0.4, -0.2) is 25.5 Å². The molecule has 1 saturated carbocycles. The van der Waals surface area contributed by atoms with Gasteiger partial charge < -0.3 is 5.73 Å². The number of halogens is 2. The van der Waals surface area contributed by atoms with Crippen LogP contribution >= 0.6 is 0 Å². The molecule has 7 heteroatoms.